The fraction of sp³-hybridized carbons (Fsp3) is 0.235. The number of carbonyl (C=O) groups excluding carboxylic acids is 1. The fourth-order valence-corrected chi connectivity index (χ4v) is 3.96. The Labute approximate surface area is 128 Å². The summed E-state index contributed by atoms with van der Waals surface area (Å²) in [6.07, 6.45) is 3.44. The van der Waals surface area contributed by atoms with Crippen LogP contribution in [0.1, 0.15) is 25.2 Å². The summed E-state index contributed by atoms with van der Waals surface area (Å²) in [5, 5.41) is 2.09. The summed E-state index contributed by atoms with van der Waals surface area (Å²) in [4.78, 5) is 14.8. The Morgan fingerprint density at radius 1 is 1.48 bits per heavy atom. The van der Waals surface area contributed by atoms with Crippen molar-refractivity contribution in [2.75, 3.05) is 11.4 Å². The summed E-state index contributed by atoms with van der Waals surface area (Å²) >= 11 is 1.64. The molecule has 0 N–H and O–H groups in total. The molecule has 0 aliphatic carbocycles. The molecule has 1 aliphatic heterocycles. The number of fused-ring (bicyclic) bond motifs is 3. The number of carbonyl (C=O) groups is 1. The van der Waals surface area contributed by atoms with Crippen molar-refractivity contribution < 1.29 is 9.21 Å². The second kappa shape index (κ2) is 5.11. The van der Waals surface area contributed by atoms with E-state index in [1.54, 1.807) is 30.8 Å². The number of rotatable bonds is 3. The van der Waals surface area contributed by atoms with Gasteiger partial charge in [0.05, 0.1) is 10.7 Å². The van der Waals surface area contributed by atoms with Gasteiger partial charge >= 0.3 is 0 Å². The Balaban J connectivity index is 2.28. The Morgan fingerprint density at radius 2 is 2.24 bits per heavy atom. The van der Waals surface area contributed by atoms with Gasteiger partial charge in [-0.15, -0.1) is 0 Å². The van der Waals surface area contributed by atoms with E-state index in [9.17, 15) is 4.79 Å². The number of thioether (sulfide) groups is 1. The zero-order valence-corrected chi connectivity index (χ0v) is 13.2. The number of furan rings is 1. The Bertz CT molecular complexity index is 786. The van der Waals surface area contributed by atoms with Crippen LogP contribution in [0.5, 0.6) is 0 Å². The van der Waals surface area contributed by atoms with Gasteiger partial charge in [-0.25, -0.2) is 0 Å². The number of benzene rings is 1. The van der Waals surface area contributed by atoms with Crippen LogP contribution in [0.2, 0.25) is 0 Å². The minimum Gasteiger partial charge on any atom is -0.456 e. The van der Waals surface area contributed by atoms with Crippen molar-refractivity contribution in [3.63, 3.8) is 0 Å². The molecule has 0 amide bonds. The molecule has 108 valence electrons. The number of allylic oxidation sites excluding steroid dienone is 1. The highest BCUT2D eigenvalue weighted by Gasteiger charge is 2.28. The molecule has 21 heavy (non-hydrogen) atoms. The van der Waals surface area contributed by atoms with Gasteiger partial charge in [-0.2, -0.15) is 0 Å². The standard InChI is InChI=1S/C17H17NO2S/c1-5-12-11(4)16-13(20-12)7-8-14-17(16)18(6-2)15(21-14)9-10(3)19/h5,7-9H,1,6H2,2-4H3/b15-9-. The van der Waals surface area contributed by atoms with Crippen LogP contribution in [0.3, 0.4) is 0 Å². The average molecular weight is 299 g/mol. The highest BCUT2D eigenvalue weighted by atomic mass is 32.2. The van der Waals surface area contributed by atoms with Crippen LogP contribution >= 0.6 is 11.8 Å². The van der Waals surface area contributed by atoms with Gasteiger partial charge in [-0.3, -0.25) is 4.79 Å². The first kappa shape index (κ1) is 14.0. The maximum atomic E-state index is 11.4. The van der Waals surface area contributed by atoms with Gasteiger partial charge in [0.25, 0.3) is 0 Å². The molecule has 2 aromatic rings. The lowest BCUT2D eigenvalue weighted by molar-refractivity contribution is -0.112. The molecule has 0 bridgehead atoms. The maximum Gasteiger partial charge on any atom is 0.155 e. The van der Waals surface area contributed by atoms with Gasteiger partial charge < -0.3 is 9.32 Å². The van der Waals surface area contributed by atoms with Gasteiger partial charge in [0.15, 0.2) is 5.78 Å². The molecular weight excluding hydrogens is 282 g/mol. The third-order valence-corrected chi connectivity index (χ3v) is 4.74. The lowest BCUT2D eigenvalue weighted by Gasteiger charge is -2.18. The molecule has 3 rings (SSSR count). The quantitative estimate of drug-likeness (QED) is 0.766. The zero-order chi connectivity index (χ0) is 15.1. The lowest BCUT2D eigenvalue weighted by atomic mass is 10.1. The summed E-state index contributed by atoms with van der Waals surface area (Å²) in [6, 6.07) is 4.05. The van der Waals surface area contributed by atoms with Gasteiger partial charge in [-0.1, -0.05) is 18.3 Å². The second-order valence-corrected chi connectivity index (χ2v) is 6.08. The maximum absolute atomic E-state index is 11.4. The van der Waals surface area contributed by atoms with Gasteiger partial charge in [0.1, 0.15) is 11.3 Å². The summed E-state index contributed by atoms with van der Waals surface area (Å²) in [5.74, 6) is 0.874. The molecule has 0 radical (unpaired) electrons. The van der Waals surface area contributed by atoms with Crippen LogP contribution in [-0.4, -0.2) is 12.3 Å². The summed E-state index contributed by atoms with van der Waals surface area (Å²) in [7, 11) is 0. The fourth-order valence-electron chi connectivity index (χ4n) is 2.74. The summed E-state index contributed by atoms with van der Waals surface area (Å²) in [6.45, 7) is 10.3. The van der Waals surface area contributed by atoms with Crippen molar-refractivity contribution >= 4 is 40.3 Å². The first-order valence-electron chi connectivity index (χ1n) is 6.93. The molecule has 0 saturated heterocycles. The predicted molar refractivity (Wildman–Crippen MR) is 88.7 cm³/mol. The van der Waals surface area contributed by atoms with Crippen molar-refractivity contribution in [1.82, 2.24) is 0 Å². The van der Waals surface area contributed by atoms with E-state index in [-0.39, 0.29) is 5.78 Å². The van der Waals surface area contributed by atoms with Crippen LogP contribution in [0, 0.1) is 6.92 Å². The van der Waals surface area contributed by atoms with Crippen molar-refractivity contribution in [3.8, 4) is 0 Å². The molecule has 0 spiro atoms. The van der Waals surface area contributed by atoms with Crippen LogP contribution in [0.15, 0.2) is 39.1 Å². The lowest BCUT2D eigenvalue weighted by Crippen LogP contribution is -2.17. The number of hydrogen-bond acceptors (Lipinski definition) is 4. The molecule has 0 unspecified atom stereocenters. The molecule has 3 nitrogen and oxygen atoms in total. The van der Waals surface area contributed by atoms with Crippen molar-refractivity contribution in [1.29, 1.82) is 0 Å². The van der Waals surface area contributed by atoms with Crippen LogP contribution in [-0.2, 0) is 4.79 Å². The Kier molecular flexibility index (Phi) is 3.41. The van der Waals surface area contributed by atoms with Gasteiger partial charge in [0, 0.05) is 28.5 Å². The molecule has 1 aliphatic rings. The topological polar surface area (TPSA) is 33.5 Å². The monoisotopic (exact) mass is 299 g/mol. The highest BCUT2D eigenvalue weighted by Crippen LogP contribution is 2.50. The molecule has 0 atom stereocenters. The minimum atomic E-state index is 0.0655. The number of aryl methyl sites for hydroxylation is 1. The highest BCUT2D eigenvalue weighted by molar-refractivity contribution is 8.03. The number of ketones is 1. The smallest absolute Gasteiger partial charge is 0.155 e. The largest absolute Gasteiger partial charge is 0.456 e. The third-order valence-electron chi connectivity index (χ3n) is 3.65. The molecular formula is C17H17NO2S. The third kappa shape index (κ3) is 2.10. The SMILES string of the molecule is C=Cc1oc2ccc3c(c2c1C)N(CC)/C(=C/C(C)=O)S3. The molecule has 1 aromatic carbocycles. The first-order chi connectivity index (χ1) is 10.1. The zero-order valence-electron chi connectivity index (χ0n) is 12.4. The van der Waals surface area contributed by atoms with Crippen molar-refractivity contribution in [2.45, 2.75) is 25.7 Å². The van der Waals surface area contributed by atoms with E-state index >= 15 is 0 Å². The van der Waals surface area contributed by atoms with Gasteiger partial charge in [0.2, 0.25) is 0 Å². The average Bonchev–Trinajstić information content (AvgIpc) is 2.95. The minimum absolute atomic E-state index is 0.0655. The first-order valence-corrected chi connectivity index (χ1v) is 7.74. The molecule has 2 heterocycles. The predicted octanol–water partition coefficient (Wildman–Crippen LogP) is 4.75. The van der Waals surface area contributed by atoms with Crippen molar-refractivity contribution in [2.24, 2.45) is 0 Å². The van der Waals surface area contributed by atoms with E-state index < -0.39 is 0 Å². The van der Waals surface area contributed by atoms with E-state index in [1.165, 1.54) is 0 Å². The van der Waals surface area contributed by atoms with Crippen molar-refractivity contribution in [3.05, 3.63) is 41.1 Å². The summed E-state index contributed by atoms with van der Waals surface area (Å²) in [5.41, 5.74) is 3.10. The normalized spacial score (nSPS) is 15.8. The van der Waals surface area contributed by atoms with E-state index in [0.717, 1.165) is 44.4 Å². The molecule has 0 saturated carbocycles. The van der Waals surface area contributed by atoms with Crippen LogP contribution in [0.4, 0.5) is 5.69 Å². The Morgan fingerprint density at radius 3 is 2.86 bits per heavy atom. The number of anilines is 1. The van der Waals surface area contributed by atoms with E-state index in [2.05, 4.69) is 24.5 Å². The van der Waals surface area contributed by atoms with E-state index in [1.807, 2.05) is 13.0 Å². The molecule has 1 aromatic heterocycles. The number of nitrogens with zero attached hydrogens (tertiary/aromatic N) is 1. The van der Waals surface area contributed by atoms with E-state index in [4.69, 9.17) is 4.42 Å². The Hall–Kier alpha value is -1.94. The summed E-state index contributed by atoms with van der Waals surface area (Å²) < 4.78 is 5.84. The number of hydrogen-bond donors (Lipinski definition) is 0. The van der Waals surface area contributed by atoms with Crippen LogP contribution in [0.25, 0.3) is 17.0 Å². The van der Waals surface area contributed by atoms with Crippen LogP contribution < -0.4 is 4.90 Å². The molecule has 0 fully saturated rings. The second-order valence-electron chi connectivity index (χ2n) is 5.02. The molecule has 4 heteroatoms. The van der Waals surface area contributed by atoms with Gasteiger partial charge in [-0.05, 0) is 39.0 Å². The van der Waals surface area contributed by atoms with E-state index in [0.29, 0.717) is 0 Å².